The predicted molar refractivity (Wildman–Crippen MR) is 94.5 cm³/mol. The number of carbonyl (C=O) groups excluding carboxylic acids is 1. The smallest absolute Gasteiger partial charge is 0.252 e. The van der Waals surface area contributed by atoms with Crippen molar-refractivity contribution in [3.8, 4) is 6.07 Å². The first kappa shape index (κ1) is 17.8. The van der Waals surface area contributed by atoms with Gasteiger partial charge in [-0.05, 0) is 43.8 Å². The van der Waals surface area contributed by atoms with Crippen molar-refractivity contribution in [3.05, 3.63) is 59.4 Å². The highest BCUT2D eigenvalue weighted by Crippen LogP contribution is 2.24. The summed E-state index contributed by atoms with van der Waals surface area (Å²) in [5.74, 6) is -0.122. The van der Waals surface area contributed by atoms with Crippen LogP contribution in [-0.4, -0.2) is 17.7 Å². The van der Waals surface area contributed by atoms with E-state index in [1.165, 1.54) is 18.0 Å². The van der Waals surface area contributed by atoms with Crippen LogP contribution in [0.3, 0.4) is 0 Å². The average Bonchev–Trinajstić information content (AvgIpc) is 2.58. The van der Waals surface area contributed by atoms with Crippen molar-refractivity contribution >= 4 is 23.4 Å². The van der Waals surface area contributed by atoms with Crippen molar-refractivity contribution in [3.63, 3.8) is 0 Å². The molecule has 0 radical (unpaired) electrons. The Morgan fingerprint density at radius 2 is 2.04 bits per heavy atom. The molecule has 1 amide bonds. The topological polar surface area (TPSA) is 71.0 Å². The molecule has 2 aromatic rings. The minimum Gasteiger partial charge on any atom is -0.618 e. The maximum Gasteiger partial charge on any atom is 0.252 e. The Kier molecular flexibility index (Phi) is 6.21. The van der Waals surface area contributed by atoms with Crippen LogP contribution in [-0.2, 0) is 4.79 Å². The molecule has 6 heteroatoms. The molecular weight excluding hydrogens is 322 g/mol. The second kappa shape index (κ2) is 8.37. The van der Waals surface area contributed by atoms with E-state index in [1.54, 1.807) is 30.0 Å². The van der Waals surface area contributed by atoms with E-state index in [-0.39, 0.29) is 12.3 Å². The molecule has 0 saturated heterocycles. The van der Waals surface area contributed by atoms with Gasteiger partial charge in [0.1, 0.15) is 0 Å². The Labute approximate surface area is 146 Å². The first-order valence-electron chi connectivity index (χ1n) is 7.62. The van der Waals surface area contributed by atoms with E-state index < -0.39 is 5.25 Å². The summed E-state index contributed by atoms with van der Waals surface area (Å²) in [7, 11) is 0. The van der Waals surface area contributed by atoms with Crippen LogP contribution in [0.5, 0.6) is 0 Å². The van der Waals surface area contributed by atoms with Gasteiger partial charge in [0.25, 0.3) is 5.03 Å². The number of nitrogens with zero attached hydrogens (tertiary/aromatic N) is 3. The average molecular weight is 341 g/mol. The zero-order valence-electron chi connectivity index (χ0n) is 13.7. The van der Waals surface area contributed by atoms with Crippen molar-refractivity contribution in [1.29, 1.82) is 5.26 Å². The van der Waals surface area contributed by atoms with Crippen LogP contribution >= 0.6 is 11.8 Å². The first-order chi connectivity index (χ1) is 11.5. The molecule has 0 saturated carbocycles. The van der Waals surface area contributed by atoms with Gasteiger partial charge in [-0.1, -0.05) is 17.7 Å². The zero-order valence-corrected chi connectivity index (χ0v) is 14.5. The van der Waals surface area contributed by atoms with Crippen LogP contribution in [0.2, 0.25) is 0 Å². The molecule has 1 heterocycles. The fraction of sp³-hybridized carbons (Fsp3) is 0.278. The molecule has 5 nitrogen and oxygen atoms in total. The molecule has 1 aromatic heterocycles. The molecule has 0 N–H and O–H groups in total. The standard InChI is InChI=1S/C18H19N3O2S/c1-14-7-9-16(10-8-14)20(12-5-11-19)18(22)15(2)24-17-6-3-4-13-21(17)23/h3-4,6-10,13,15H,5,12H2,1-2H3. The fourth-order valence-electron chi connectivity index (χ4n) is 2.21. The number of amides is 1. The molecule has 24 heavy (non-hydrogen) atoms. The van der Waals surface area contributed by atoms with Crippen LogP contribution < -0.4 is 9.63 Å². The molecule has 0 aliphatic carbocycles. The van der Waals surface area contributed by atoms with Gasteiger partial charge >= 0.3 is 0 Å². The molecule has 0 aliphatic rings. The van der Waals surface area contributed by atoms with Gasteiger partial charge in [-0.2, -0.15) is 9.99 Å². The van der Waals surface area contributed by atoms with E-state index in [2.05, 4.69) is 6.07 Å². The Morgan fingerprint density at radius 1 is 1.33 bits per heavy atom. The van der Waals surface area contributed by atoms with E-state index in [0.29, 0.717) is 11.6 Å². The number of nitriles is 1. The number of benzene rings is 1. The summed E-state index contributed by atoms with van der Waals surface area (Å²) in [6.07, 6.45) is 1.66. The van der Waals surface area contributed by atoms with Crippen LogP contribution in [0.1, 0.15) is 18.9 Å². The van der Waals surface area contributed by atoms with Crippen LogP contribution in [0, 0.1) is 23.5 Å². The summed E-state index contributed by atoms with van der Waals surface area (Å²) in [5.41, 5.74) is 1.86. The highest BCUT2D eigenvalue weighted by molar-refractivity contribution is 8.00. The highest BCUT2D eigenvalue weighted by atomic mass is 32.2. The van der Waals surface area contributed by atoms with Crippen molar-refractivity contribution in [2.75, 3.05) is 11.4 Å². The number of anilines is 1. The van der Waals surface area contributed by atoms with Gasteiger partial charge in [-0.25, -0.2) is 0 Å². The second-order valence-electron chi connectivity index (χ2n) is 5.36. The first-order valence-corrected chi connectivity index (χ1v) is 8.50. The zero-order chi connectivity index (χ0) is 17.5. The summed E-state index contributed by atoms with van der Waals surface area (Å²) in [6, 6.07) is 14.8. The van der Waals surface area contributed by atoms with Crippen molar-refractivity contribution in [1.82, 2.24) is 0 Å². The number of thioether (sulfide) groups is 1. The number of hydrogen-bond acceptors (Lipinski definition) is 4. The number of aromatic nitrogens is 1. The molecule has 0 aliphatic heterocycles. The maximum absolute atomic E-state index is 12.8. The minimum absolute atomic E-state index is 0.122. The molecule has 0 spiro atoms. The molecule has 1 atom stereocenters. The third-order valence-corrected chi connectivity index (χ3v) is 4.61. The quantitative estimate of drug-likeness (QED) is 0.460. The maximum atomic E-state index is 12.8. The van der Waals surface area contributed by atoms with Crippen LogP contribution in [0.15, 0.2) is 53.7 Å². The van der Waals surface area contributed by atoms with E-state index in [4.69, 9.17) is 5.26 Å². The number of aryl methyl sites for hydroxylation is 1. The Balaban J connectivity index is 2.19. The number of carbonyl (C=O) groups is 1. The largest absolute Gasteiger partial charge is 0.618 e. The lowest BCUT2D eigenvalue weighted by molar-refractivity contribution is -0.645. The monoisotopic (exact) mass is 341 g/mol. The summed E-state index contributed by atoms with van der Waals surface area (Å²) in [4.78, 5) is 14.4. The van der Waals surface area contributed by atoms with E-state index in [1.807, 2.05) is 31.2 Å². The Bertz CT molecular complexity index is 741. The SMILES string of the molecule is Cc1ccc(N(CCC#N)C(=O)C(C)Sc2cccc[n+]2[O-])cc1. The lowest BCUT2D eigenvalue weighted by Gasteiger charge is -2.24. The lowest BCUT2D eigenvalue weighted by atomic mass is 10.2. The normalized spacial score (nSPS) is 11.5. The van der Waals surface area contributed by atoms with E-state index in [9.17, 15) is 10.0 Å². The molecule has 1 aromatic carbocycles. The molecule has 1 unspecified atom stereocenters. The predicted octanol–water partition coefficient (Wildman–Crippen LogP) is 3.06. The summed E-state index contributed by atoms with van der Waals surface area (Å²) >= 11 is 1.21. The minimum atomic E-state index is -0.437. The third-order valence-electron chi connectivity index (χ3n) is 3.49. The lowest BCUT2D eigenvalue weighted by Crippen LogP contribution is -2.38. The highest BCUT2D eigenvalue weighted by Gasteiger charge is 2.25. The summed E-state index contributed by atoms with van der Waals surface area (Å²) < 4.78 is 0.750. The van der Waals surface area contributed by atoms with Crippen molar-refractivity contribution < 1.29 is 9.52 Å². The molecular formula is C18H19N3O2S. The van der Waals surface area contributed by atoms with Gasteiger partial charge in [0.2, 0.25) is 5.91 Å². The Hall–Kier alpha value is -2.52. The molecule has 0 bridgehead atoms. The van der Waals surface area contributed by atoms with Gasteiger partial charge in [-0.15, -0.1) is 0 Å². The van der Waals surface area contributed by atoms with Gasteiger partial charge in [0, 0.05) is 24.4 Å². The van der Waals surface area contributed by atoms with E-state index in [0.717, 1.165) is 16.0 Å². The summed E-state index contributed by atoms with van der Waals surface area (Å²) in [6.45, 7) is 4.08. The number of rotatable bonds is 6. The molecule has 0 fully saturated rings. The Morgan fingerprint density at radius 3 is 2.67 bits per heavy atom. The van der Waals surface area contributed by atoms with Crippen LogP contribution in [0.25, 0.3) is 0 Å². The van der Waals surface area contributed by atoms with Crippen molar-refractivity contribution in [2.24, 2.45) is 0 Å². The van der Waals surface area contributed by atoms with Gasteiger partial charge in [0.05, 0.1) is 17.7 Å². The van der Waals surface area contributed by atoms with Crippen LogP contribution in [0.4, 0.5) is 5.69 Å². The molecule has 124 valence electrons. The molecule has 2 rings (SSSR count). The van der Waals surface area contributed by atoms with Crippen molar-refractivity contribution in [2.45, 2.75) is 30.5 Å². The second-order valence-corrected chi connectivity index (χ2v) is 6.72. The number of pyridine rings is 1. The number of hydrogen-bond donors (Lipinski definition) is 0. The third kappa shape index (κ3) is 4.49. The summed E-state index contributed by atoms with van der Waals surface area (Å²) in [5, 5.41) is 20.7. The van der Waals surface area contributed by atoms with Gasteiger partial charge in [-0.3, -0.25) is 4.79 Å². The van der Waals surface area contributed by atoms with E-state index >= 15 is 0 Å². The van der Waals surface area contributed by atoms with Gasteiger partial charge < -0.3 is 10.1 Å². The fourth-order valence-corrected chi connectivity index (χ4v) is 3.12. The van der Waals surface area contributed by atoms with Gasteiger partial charge in [0.15, 0.2) is 6.20 Å².